The summed E-state index contributed by atoms with van der Waals surface area (Å²) in [6.45, 7) is 19.8. The Bertz CT molecular complexity index is 816. The zero-order valence-electron chi connectivity index (χ0n) is 22.3. The quantitative estimate of drug-likeness (QED) is 0.423. The maximum absolute atomic E-state index is 14.0. The first kappa shape index (κ1) is 23.4. The molecule has 0 aromatic carbocycles. The summed E-state index contributed by atoms with van der Waals surface area (Å²) in [4.78, 5) is 14.0. The standard InChI is InChI=1S/C30H50O2/c1-19-20(31)9-10-21-26(19,4)12-11-22-27(21,5)15-16-29(7)23-17-25(2,3)13-14-28(23,6)24(32)18-30(22,29)8/h19-23,31H,9-18H2,1-8H3/t19-,20-,21+,22-,23+,26+,27-,28-,29-,30+/m0/s1. The summed E-state index contributed by atoms with van der Waals surface area (Å²) >= 11 is 0. The van der Waals surface area contributed by atoms with Crippen LogP contribution in [0.1, 0.15) is 120 Å². The molecule has 0 aromatic rings. The van der Waals surface area contributed by atoms with Gasteiger partial charge in [-0.25, -0.2) is 0 Å². The van der Waals surface area contributed by atoms with Crippen LogP contribution < -0.4 is 0 Å². The highest BCUT2D eigenvalue weighted by Gasteiger charge is 2.72. The third-order valence-corrected chi connectivity index (χ3v) is 13.8. The topological polar surface area (TPSA) is 37.3 Å². The molecule has 5 rings (SSSR count). The number of fused-ring (bicyclic) bond motifs is 7. The van der Waals surface area contributed by atoms with Crippen molar-refractivity contribution >= 4 is 5.78 Å². The Labute approximate surface area is 197 Å². The van der Waals surface area contributed by atoms with E-state index < -0.39 is 0 Å². The van der Waals surface area contributed by atoms with Gasteiger partial charge in [0.05, 0.1) is 6.10 Å². The van der Waals surface area contributed by atoms with Gasteiger partial charge in [-0.15, -0.1) is 0 Å². The van der Waals surface area contributed by atoms with Crippen molar-refractivity contribution in [2.24, 2.45) is 56.2 Å². The molecule has 0 amide bonds. The molecule has 0 bridgehead atoms. The van der Waals surface area contributed by atoms with Gasteiger partial charge < -0.3 is 5.11 Å². The fourth-order valence-corrected chi connectivity index (χ4v) is 11.1. The lowest BCUT2D eigenvalue weighted by Crippen LogP contribution is -2.69. The average molecular weight is 443 g/mol. The average Bonchev–Trinajstić information content (AvgIpc) is 2.70. The third-order valence-electron chi connectivity index (χ3n) is 13.8. The van der Waals surface area contributed by atoms with E-state index in [2.05, 4.69) is 55.4 Å². The number of aliphatic hydroxyl groups is 1. The second-order valence-corrected chi connectivity index (χ2v) is 15.4. The summed E-state index contributed by atoms with van der Waals surface area (Å²) in [6.07, 6.45) is 11.4. The molecule has 0 spiro atoms. The number of hydrogen-bond acceptors (Lipinski definition) is 2. The predicted octanol–water partition coefficient (Wildman–Crippen LogP) is 7.43. The molecule has 182 valence electrons. The molecule has 0 aliphatic heterocycles. The van der Waals surface area contributed by atoms with Crippen LogP contribution in [0.15, 0.2) is 0 Å². The number of rotatable bonds is 0. The number of hydrogen-bond donors (Lipinski definition) is 1. The van der Waals surface area contributed by atoms with Crippen molar-refractivity contribution in [3.8, 4) is 0 Å². The van der Waals surface area contributed by atoms with Crippen LogP contribution in [0.2, 0.25) is 0 Å². The Morgan fingerprint density at radius 2 is 1.41 bits per heavy atom. The van der Waals surface area contributed by atoms with E-state index in [-0.39, 0.29) is 27.8 Å². The number of ketones is 1. The Morgan fingerprint density at radius 1 is 0.719 bits per heavy atom. The fraction of sp³-hybridized carbons (Fsp3) is 0.967. The molecule has 2 heteroatoms. The van der Waals surface area contributed by atoms with Gasteiger partial charge in [0.1, 0.15) is 5.78 Å². The summed E-state index contributed by atoms with van der Waals surface area (Å²) in [7, 11) is 0. The predicted molar refractivity (Wildman–Crippen MR) is 131 cm³/mol. The van der Waals surface area contributed by atoms with Crippen LogP contribution in [0.4, 0.5) is 0 Å². The summed E-state index contributed by atoms with van der Waals surface area (Å²) in [5.74, 6) is 2.81. The van der Waals surface area contributed by atoms with Crippen molar-refractivity contribution in [2.45, 2.75) is 126 Å². The normalized spacial score (nSPS) is 59.4. The number of carbonyl (C=O) groups is 1. The molecule has 2 nitrogen and oxygen atoms in total. The van der Waals surface area contributed by atoms with E-state index in [0.29, 0.717) is 40.3 Å². The smallest absolute Gasteiger partial charge is 0.139 e. The van der Waals surface area contributed by atoms with Gasteiger partial charge >= 0.3 is 0 Å². The van der Waals surface area contributed by atoms with E-state index in [9.17, 15) is 9.90 Å². The van der Waals surface area contributed by atoms with E-state index in [0.717, 1.165) is 19.3 Å². The zero-order valence-corrected chi connectivity index (χ0v) is 22.3. The van der Waals surface area contributed by atoms with Gasteiger partial charge in [0.2, 0.25) is 0 Å². The van der Waals surface area contributed by atoms with Crippen molar-refractivity contribution in [3.05, 3.63) is 0 Å². The minimum Gasteiger partial charge on any atom is -0.393 e. The van der Waals surface area contributed by atoms with Crippen molar-refractivity contribution in [2.75, 3.05) is 0 Å². The lowest BCUT2D eigenvalue weighted by molar-refractivity contribution is -0.254. The minimum absolute atomic E-state index is 0.106. The molecule has 10 atom stereocenters. The Balaban J connectivity index is 1.58. The molecule has 32 heavy (non-hydrogen) atoms. The fourth-order valence-electron chi connectivity index (χ4n) is 11.1. The number of carbonyl (C=O) groups excluding carboxylic acids is 1. The molecule has 0 aromatic heterocycles. The number of aliphatic hydroxyl groups excluding tert-OH is 1. The van der Waals surface area contributed by atoms with Gasteiger partial charge in [-0.3, -0.25) is 4.79 Å². The molecule has 1 N–H and O–H groups in total. The van der Waals surface area contributed by atoms with E-state index >= 15 is 0 Å². The Morgan fingerprint density at radius 3 is 2.09 bits per heavy atom. The second-order valence-electron chi connectivity index (χ2n) is 15.4. The summed E-state index contributed by atoms with van der Waals surface area (Å²) < 4.78 is 0. The molecular weight excluding hydrogens is 392 g/mol. The number of Topliss-reactive ketones (excluding diaryl/α,β-unsaturated/α-hetero) is 1. The maximum Gasteiger partial charge on any atom is 0.139 e. The van der Waals surface area contributed by atoms with Gasteiger partial charge in [0, 0.05) is 11.8 Å². The van der Waals surface area contributed by atoms with Crippen LogP contribution in [0.25, 0.3) is 0 Å². The van der Waals surface area contributed by atoms with Gasteiger partial charge in [-0.05, 0) is 109 Å². The largest absolute Gasteiger partial charge is 0.393 e. The highest BCUT2D eigenvalue weighted by molar-refractivity contribution is 5.87. The highest BCUT2D eigenvalue weighted by Crippen LogP contribution is 2.77. The van der Waals surface area contributed by atoms with Crippen molar-refractivity contribution in [3.63, 3.8) is 0 Å². The molecule has 0 radical (unpaired) electrons. The van der Waals surface area contributed by atoms with Crippen LogP contribution in [-0.2, 0) is 4.79 Å². The Kier molecular flexibility index (Phi) is 4.85. The lowest BCUT2D eigenvalue weighted by atomic mass is 9.30. The molecule has 5 aliphatic carbocycles. The third kappa shape index (κ3) is 2.66. The van der Waals surface area contributed by atoms with Crippen molar-refractivity contribution in [1.29, 1.82) is 0 Å². The summed E-state index contributed by atoms with van der Waals surface area (Å²) in [6, 6.07) is 0. The van der Waals surface area contributed by atoms with Crippen LogP contribution in [-0.4, -0.2) is 17.0 Å². The summed E-state index contributed by atoms with van der Waals surface area (Å²) in [5, 5.41) is 10.7. The van der Waals surface area contributed by atoms with Gasteiger partial charge in [0.25, 0.3) is 0 Å². The maximum atomic E-state index is 14.0. The first-order valence-electron chi connectivity index (χ1n) is 13.9. The SMILES string of the molecule is C[C@H]1[C@@H](O)CC[C@@H]2[C@]1(C)CC[C@H]1[C@@]2(C)CC[C@@]2(C)[C@@H]3CC(C)(C)CC[C@]3(C)C(=O)C[C@]12C. The van der Waals surface area contributed by atoms with Crippen LogP contribution in [0.5, 0.6) is 0 Å². The van der Waals surface area contributed by atoms with E-state index in [1.807, 2.05) is 0 Å². The Hall–Kier alpha value is -0.370. The molecule has 5 aliphatic rings. The lowest BCUT2D eigenvalue weighted by Gasteiger charge is -2.74. The molecule has 0 saturated heterocycles. The van der Waals surface area contributed by atoms with Crippen molar-refractivity contribution in [1.82, 2.24) is 0 Å². The van der Waals surface area contributed by atoms with Gasteiger partial charge in [0.15, 0.2) is 0 Å². The van der Waals surface area contributed by atoms with Crippen molar-refractivity contribution < 1.29 is 9.90 Å². The zero-order chi connectivity index (χ0) is 23.5. The minimum atomic E-state index is -0.137. The second kappa shape index (κ2) is 6.64. The van der Waals surface area contributed by atoms with Crippen LogP contribution in [0.3, 0.4) is 0 Å². The first-order valence-corrected chi connectivity index (χ1v) is 13.9. The van der Waals surface area contributed by atoms with E-state index in [1.165, 1.54) is 44.9 Å². The van der Waals surface area contributed by atoms with Gasteiger partial charge in [-0.2, -0.15) is 0 Å². The molecule has 5 fully saturated rings. The molecular formula is C30H50O2. The van der Waals surface area contributed by atoms with Crippen LogP contribution >= 0.6 is 0 Å². The monoisotopic (exact) mass is 442 g/mol. The summed E-state index contributed by atoms with van der Waals surface area (Å²) in [5.41, 5.74) is 1.15. The highest BCUT2D eigenvalue weighted by atomic mass is 16.3. The molecule has 0 unspecified atom stereocenters. The van der Waals surface area contributed by atoms with E-state index in [4.69, 9.17) is 0 Å². The van der Waals surface area contributed by atoms with E-state index in [1.54, 1.807) is 0 Å². The molecule has 0 heterocycles. The molecule has 5 saturated carbocycles. The van der Waals surface area contributed by atoms with Gasteiger partial charge in [-0.1, -0.05) is 55.4 Å². The first-order chi connectivity index (χ1) is 14.6. The van der Waals surface area contributed by atoms with Crippen LogP contribution in [0, 0.1) is 56.2 Å².